The molecule has 7 nitrogen and oxygen atoms in total. The van der Waals surface area contributed by atoms with Gasteiger partial charge >= 0.3 is 0 Å². The molecule has 84 valence electrons. The van der Waals surface area contributed by atoms with Crippen LogP contribution >= 0.6 is 11.3 Å². The molecule has 0 atom stereocenters. The van der Waals surface area contributed by atoms with Crippen LogP contribution in [0.5, 0.6) is 0 Å². The lowest BCUT2D eigenvalue weighted by molar-refractivity contribution is 0.308. The fraction of sp³-hybridized carbons (Fsp3) is 0.333. The quantitative estimate of drug-likeness (QED) is 0.423. The number of aromatic nitrogens is 1. The molecule has 15 heavy (non-hydrogen) atoms. The van der Waals surface area contributed by atoms with E-state index in [0.29, 0.717) is 10.8 Å². The molecule has 0 radical (unpaired) electrons. The van der Waals surface area contributed by atoms with Gasteiger partial charge in [-0.3, -0.25) is 4.18 Å². The summed E-state index contributed by atoms with van der Waals surface area (Å²) in [6.45, 7) is -0.116. The van der Waals surface area contributed by atoms with E-state index in [1.165, 1.54) is 11.3 Å². The van der Waals surface area contributed by atoms with E-state index in [-0.39, 0.29) is 12.6 Å². The molecule has 1 rings (SSSR count). The van der Waals surface area contributed by atoms with Crippen LogP contribution in [0.3, 0.4) is 0 Å². The van der Waals surface area contributed by atoms with Crippen LogP contribution in [0.15, 0.2) is 10.4 Å². The lowest BCUT2D eigenvalue weighted by atomic mass is 10.5. The molecule has 0 aliphatic heterocycles. The third-order valence-electron chi connectivity index (χ3n) is 1.19. The molecule has 4 N–H and O–H groups in total. The van der Waals surface area contributed by atoms with Crippen molar-refractivity contribution in [3.8, 4) is 0 Å². The molecule has 0 saturated heterocycles. The van der Waals surface area contributed by atoms with Gasteiger partial charge in [0.05, 0.1) is 11.9 Å². The minimum atomic E-state index is -3.46. The van der Waals surface area contributed by atoms with Crippen molar-refractivity contribution in [1.29, 1.82) is 0 Å². The summed E-state index contributed by atoms with van der Waals surface area (Å²) < 4.78 is 25.9. The molecule has 0 aliphatic rings. The SMILES string of the molecule is CS(=O)(=O)OCc1csc(N=C(N)N)n1. The van der Waals surface area contributed by atoms with Gasteiger partial charge in [-0.2, -0.15) is 13.4 Å². The highest BCUT2D eigenvalue weighted by Gasteiger charge is 2.06. The van der Waals surface area contributed by atoms with Crippen LogP contribution in [0.1, 0.15) is 5.69 Å². The zero-order valence-corrected chi connectivity index (χ0v) is 9.51. The normalized spacial score (nSPS) is 11.3. The Labute approximate surface area is 90.9 Å². The zero-order valence-electron chi connectivity index (χ0n) is 7.87. The first-order valence-electron chi connectivity index (χ1n) is 3.75. The van der Waals surface area contributed by atoms with Crippen molar-refractivity contribution in [3.63, 3.8) is 0 Å². The predicted octanol–water partition coefficient (Wildman–Crippen LogP) is -0.476. The summed E-state index contributed by atoms with van der Waals surface area (Å²) in [5.41, 5.74) is 10.8. The lowest BCUT2D eigenvalue weighted by Gasteiger charge is -1.96. The molecular formula is C6H10N4O3S2. The molecule has 0 fully saturated rings. The number of thiazole rings is 1. The number of rotatable bonds is 4. The molecule has 0 aliphatic carbocycles. The van der Waals surface area contributed by atoms with Gasteiger partial charge in [0, 0.05) is 5.38 Å². The largest absolute Gasteiger partial charge is 0.370 e. The second-order valence-electron chi connectivity index (χ2n) is 2.62. The van der Waals surface area contributed by atoms with E-state index in [9.17, 15) is 8.42 Å². The second-order valence-corrected chi connectivity index (χ2v) is 5.10. The maximum Gasteiger partial charge on any atom is 0.264 e. The van der Waals surface area contributed by atoms with Crippen molar-refractivity contribution in [1.82, 2.24) is 4.98 Å². The number of guanidine groups is 1. The van der Waals surface area contributed by atoms with Gasteiger partial charge in [-0.05, 0) is 0 Å². The van der Waals surface area contributed by atoms with Crippen LogP contribution in [0, 0.1) is 0 Å². The van der Waals surface area contributed by atoms with Crippen LogP contribution in [-0.4, -0.2) is 25.6 Å². The van der Waals surface area contributed by atoms with Gasteiger partial charge in [0.1, 0.15) is 6.61 Å². The van der Waals surface area contributed by atoms with E-state index in [0.717, 1.165) is 6.26 Å². The Balaban J connectivity index is 2.65. The minimum absolute atomic E-state index is 0.0973. The Bertz CT molecular complexity index is 460. The summed E-state index contributed by atoms with van der Waals surface area (Å²) in [6, 6.07) is 0. The predicted molar refractivity (Wildman–Crippen MR) is 57.2 cm³/mol. The minimum Gasteiger partial charge on any atom is -0.370 e. The molecule has 0 spiro atoms. The Morgan fingerprint density at radius 2 is 2.33 bits per heavy atom. The molecule has 0 saturated carbocycles. The molecule has 0 bridgehead atoms. The Hall–Kier alpha value is -1.19. The summed E-state index contributed by atoms with van der Waals surface area (Å²) in [6.07, 6.45) is 0.969. The highest BCUT2D eigenvalue weighted by Crippen LogP contribution is 2.19. The lowest BCUT2D eigenvalue weighted by Crippen LogP contribution is -2.21. The van der Waals surface area contributed by atoms with Crippen molar-refractivity contribution in [2.45, 2.75) is 6.61 Å². The fourth-order valence-corrected chi connectivity index (χ4v) is 1.72. The van der Waals surface area contributed by atoms with Gasteiger partial charge < -0.3 is 11.5 Å². The molecule has 9 heteroatoms. The first-order valence-corrected chi connectivity index (χ1v) is 6.45. The topological polar surface area (TPSA) is 121 Å². The Morgan fingerprint density at radius 1 is 1.67 bits per heavy atom. The van der Waals surface area contributed by atoms with Crippen molar-refractivity contribution in [2.75, 3.05) is 6.26 Å². The van der Waals surface area contributed by atoms with Crippen molar-refractivity contribution >= 4 is 32.5 Å². The average molecular weight is 250 g/mol. The third kappa shape index (κ3) is 4.72. The molecule has 1 aromatic rings. The Kier molecular flexibility index (Phi) is 3.61. The van der Waals surface area contributed by atoms with E-state index in [2.05, 4.69) is 14.2 Å². The summed E-state index contributed by atoms with van der Waals surface area (Å²) in [4.78, 5) is 7.63. The van der Waals surface area contributed by atoms with Gasteiger partial charge in [0.2, 0.25) is 5.13 Å². The summed E-state index contributed by atoms with van der Waals surface area (Å²) >= 11 is 1.20. The van der Waals surface area contributed by atoms with Gasteiger partial charge in [-0.15, -0.1) is 11.3 Å². The average Bonchev–Trinajstić information content (AvgIpc) is 2.46. The highest BCUT2D eigenvalue weighted by atomic mass is 32.2. The molecule has 0 unspecified atom stereocenters. The molecule has 0 aromatic carbocycles. The maximum atomic E-state index is 10.7. The van der Waals surface area contributed by atoms with Crippen molar-refractivity contribution < 1.29 is 12.6 Å². The summed E-state index contributed by atoms with van der Waals surface area (Å²) in [5, 5.41) is 1.98. The van der Waals surface area contributed by atoms with E-state index in [1.807, 2.05) is 0 Å². The number of hydrogen-bond acceptors (Lipinski definition) is 6. The second kappa shape index (κ2) is 4.55. The van der Waals surface area contributed by atoms with Crippen LogP contribution in [-0.2, 0) is 20.9 Å². The third-order valence-corrected chi connectivity index (χ3v) is 2.51. The zero-order chi connectivity index (χ0) is 11.5. The number of hydrogen-bond donors (Lipinski definition) is 2. The number of aliphatic imine (C=N–C) groups is 1. The maximum absolute atomic E-state index is 10.7. The Morgan fingerprint density at radius 3 is 2.87 bits per heavy atom. The number of nitrogens with zero attached hydrogens (tertiary/aromatic N) is 2. The van der Waals surface area contributed by atoms with E-state index in [4.69, 9.17) is 11.5 Å². The first kappa shape index (κ1) is 11.9. The molecule has 1 aromatic heterocycles. The summed E-state index contributed by atoms with van der Waals surface area (Å²) in [5.74, 6) is -0.0973. The standard InChI is InChI=1S/C6H10N4O3S2/c1-15(11,12)13-2-4-3-14-6(9-4)10-5(7)8/h3H,2H2,1H3,(H4,7,8,9,10). The summed E-state index contributed by atoms with van der Waals surface area (Å²) in [7, 11) is -3.46. The van der Waals surface area contributed by atoms with Gasteiger partial charge in [0.25, 0.3) is 10.1 Å². The van der Waals surface area contributed by atoms with Crippen LogP contribution in [0.2, 0.25) is 0 Å². The van der Waals surface area contributed by atoms with Gasteiger partial charge in [0.15, 0.2) is 5.96 Å². The highest BCUT2D eigenvalue weighted by molar-refractivity contribution is 7.85. The van der Waals surface area contributed by atoms with Crippen LogP contribution in [0.4, 0.5) is 5.13 Å². The van der Waals surface area contributed by atoms with E-state index < -0.39 is 10.1 Å². The number of nitrogens with two attached hydrogens (primary N) is 2. The van der Waals surface area contributed by atoms with E-state index >= 15 is 0 Å². The van der Waals surface area contributed by atoms with Crippen LogP contribution < -0.4 is 11.5 Å². The van der Waals surface area contributed by atoms with Crippen molar-refractivity contribution in [2.24, 2.45) is 16.5 Å². The molecule has 1 heterocycles. The fourth-order valence-electron chi connectivity index (χ4n) is 0.692. The molecular weight excluding hydrogens is 240 g/mol. The van der Waals surface area contributed by atoms with Gasteiger partial charge in [-0.1, -0.05) is 0 Å². The van der Waals surface area contributed by atoms with Gasteiger partial charge in [-0.25, -0.2) is 4.98 Å². The van der Waals surface area contributed by atoms with Crippen molar-refractivity contribution in [3.05, 3.63) is 11.1 Å². The first-order chi connectivity index (χ1) is 6.87. The smallest absolute Gasteiger partial charge is 0.264 e. The van der Waals surface area contributed by atoms with E-state index in [1.54, 1.807) is 5.38 Å². The molecule has 0 amide bonds. The monoisotopic (exact) mass is 250 g/mol. The van der Waals surface area contributed by atoms with Crippen LogP contribution in [0.25, 0.3) is 0 Å².